The second kappa shape index (κ2) is 14.4. The highest BCUT2D eigenvalue weighted by Gasteiger charge is 2.48. The maximum Gasteiger partial charge on any atom is 0.297 e. The molecule has 65 heavy (non-hydrogen) atoms. The zero-order valence-corrected chi connectivity index (χ0v) is 40.2. The summed E-state index contributed by atoms with van der Waals surface area (Å²) in [6.07, 6.45) is 2.29. The average molecular weight is 849 g/mol. The van der Waals surface area contributed by atoms with Crippen molar-refractivity contribution in [1.82, 2.24) is 0 Å². The van der Waals surface area contributed by atoms with Gasteiger partial charge in [0.2, 0.25) is 0 Å². The van der Waals surface area contributed by atoms with Crippen LogP contribution in [0.25, 0.3) is 33.2 Å². The van der Waals surface area contributed by atoms with E-state index in [-0.39, 0.29) is 28.4 Å². The number of hydrogen-bond donors (Lipinski definition) is 0. The first-order valence-corrected chi connectivity index (χ1v) is 23.7. The Kier molecular flexibility index (Phi) is 9.16. The minimum Gasteiger partial charge on any atom is -0.468 e. The summed E-state index contributed by atoms with van der Waals surface area (Å²) in [7, 11) is 0. The Bertz CT molecular complexity index is 3120. The Morgan fingerprint density at radius 1 is 0.508 bits per heavy atom. The minimum atomic E-state index is -0.134. The molecule has 0 bridgehead atoms. The molecule has 3 aliphatic rings. The minimum absolute atomic E-state index is 0.0279. The van der Waals surface area contributed by atoms with Gasteiger partial charge in [-0.1, -0.05) is 154 Å². The fraction of sp³-hybridized carbons (Fsp3) is 0.279. The lowest BCUT2D eigenvalue weighted by Crippen LogP contribution is -2.61. The first-order chi connectivity index (χ1) is 30.9. The third-order valence-corrected chi connectivity index (χ3v) is 15.0. The van der Waals surface area contributed by atoms with Crippen molar-refractivity contribution in [2.24, 2.45) is 0 Å². The molecule has 324 valence electrons. The summed E-state index contributed by atoms with van der Waals surface area (Å²) in [5.41, 5.74) is 23.1. The summed E-state index contributed by atoms with van der Waals surface area (Å²) in [6.45, 7) is 25.7. The van der Waals surface area contributed by atoms with Gasteiger partial charge < -0.3 is 14.2 Å². The maximum atomic E-state index is 7.60. The van der Waals surface area contributed by atoms with Crippen molar-refractivity contribution in [3.05, 3.63) is 173 Å². The lowest BCUT2D eigenvalue weighted by atomic mass is 9.35. The summed E-state index contributed by atoms with van der Waals surface area (Å²) in [5.74, 6) is 0. The van der Waals surface area contributed by atoms with E-state index in [1.807, 2.05) is 0 Å². The van der Waals surface area contributed by atoms with Crippen LogP contribution in [0.1, 0.15) is 110 Å². The van der Waals surface area contributed by atoms with Gasteiger partial charge in [-0.3, -0.25) is 0 Å². The van der Waals surface area contributed by atoms with Crippen LogP contribution >= 0.6 is 0 Å². The molecule has 3 nitrogen and oxygen atoms in total. The highest BCUT2D eigenvalue weighted by Crippen LogP contribution is 2.52. The van der Waals surface area contributed by atoms with Gasteiger partial charge in [0, 0.05) is 33.8 Å². The van der Waals surface area contributed by atoms with E-state index >= 15 is 0 Å². The van der Waals surface area contributed by atoms with Crippen LogP contribution in [0.15, 0.2) is 150 Å². The van der Waals surface area contributed by atoms with Crippen molar-refractivity contribution < 1.29 is 4.42 Å². The van der Waals surface area contributed by atoms with Gasteiger partial charge in [-0.05, 0) is 163 Å². The summed E-state index contributed by atoms with van der Waals surface area (Å²) < 4.78 is 7.60. The molecule has 8 aromatic rings. The standard InChI is InChI=1S/C61H61BN2O/c1-38-30-52-55-53(31-38)64(46-33-41(39-18-14-12-15-19-39)32-42(34-46)40-20-16-13-17-21-40)56-47-36-48-49(61(10,11)29-28-60(48,8)9)37-54(47)65-57(56)62(55)50-35-44(59(5,6)7)24-27-51(50)63(52)45-25-22-43(23-26-45)58(2,3)4/h12-27,30-37H,28-29H2,1-11H3. The molecule has 0 saturated heterocycles. The largest absolute Gasteiger partial charge is 0.468 e. The molecule has 0 amide bonds. The first-order valence-electron chi connectivity index (χ1n) is 23.7. The van der Waals surface area contributed by atoms with Gasteiger partial charge in [-0.25, -0.2) is 0 Å². The summed E-state index contributed by atoms with van der Waals surface area (Å²) in [5, 5.41) is 1.18. The van der Waals surface area contributed by atoms with E-state index < -0.39 is 0 Å². The van der Waals surface area contributed by atoms with Crippen LogP contribution in [0.5, 0.6) is 0 Å². The Morgan fingerprint density at radius 3 is 1.62 bits per heavy atom. The number of nitrogens with zero attached hydrogens (tertiary/aromatic N) is 2. The number of benzene rings is 7. The third kappa shape index (κ3) is 6.69. The molecule has 4 heteroatoms. The fourth-order valence-electron chi connectivity index (χ4n) is 11.1. The van der Waals surface area contributed by atoms with E-state index in [1.165, 1.54) is 83.4 Å². The molecule has 0 fully saturated rings. The zero-order valence-electron chi connectivity index (χ0n) is 40.2. The van der Waals surface area contributed by atoms with Crippen LogP contribution in [0, 0.1) is 6.92 Å². The molecular formula is C61H61BN2O. The van der Waals surface area contributed by atoms with Gasteiger partial charge in [-0.2, -0.15) is 0 Å². The van der Waals surface area contributed by atoms with Crippen LogP contribution in [0.3, 0.4) is 0 Å². The number of aryl methyl sites for hydroxylation is 1. The molecule has 7 aromatic carbocycles. The zero-order chi connectivity index (χ0) is 45.4. The Hall–Kier alpha value is -6.26. The molecule has 2 aliphatic heterocycles. The van der Waals surface area contributed by atoms with Gasteiger partial charge in [-0.15, -0.1) is 0 Å². The predicted molar refractivity (Wildman–Crippen MR) is 279 cm³/mol. The second-order valence-corrected chi connectivity index (χ2v) is 22.6. The SMILES string of the molecule is Cc1cc2c3c(c1)N(c1cc(-c4ccccc4)cc(-c4ccccc4)c1)c1c(oc4cc5c(cc14)C(C)(C)CCC5(C)C)B3c1cc(C(C)(C)C)ccc1N2c1ccc(C(C)(C)C)cc1. The van der Waals surface area contributed by atoms with Crippen molar-refractivity contribution >= 4 is 68.4 Å². The summed E-state index contributed by atoms with van der Waals surface area (Å²) >= 11 is 0. The van der Waals surface area contributed by atoms with Crippen LogP contribution < -0.4 is 26.4 Å². The van der Waals surface area contributed by atoms with E-state index in [4.69, 9.17) is 4.42 Å². The van der Waals surface area contributed by atoms with Crippen LogP contribution in [-0.4, -0.2) is 6.71 Å². The van der Waals surface area contributed by atoms with Crippen molar-refractivity contribution in [3.8, 4) is 22.3 Å². The monoisotopic (exact) mass is 848 g/mol. The molecule has 3 heterocycles. The van der Waals surface area contributed by atoms with Crippen LogP contribution in [0.2, 0.25) is 0 Å². The lowest BCUT2D eigenvalue weighted by molar-refractivity contribution is 0.332. The predicted octanol–water partition coefficient (Wildman–Crippen LogP) is 15.1. The molecule has 0 N–H and O–H groups in total. The smallest absolute Gasteiger partial charge is 0.297 e. The number of hydrogen-bond acceptors (Lipinski definition) is 3. The first kappa shape index (κ1) is 41.4. The van der Waals surface area contributed by atoms with Gasteiger partial charge >= 0.3 is 0 Å². The van der Waals surface area contributed by atoms with Crippen LogP contribution in [0.4, 0.5) is 34.1 Å². The molecule has 0 spiro atoms. The number of fused-ring (bicyclic) bond motifs is 7. The lowest BCUT2D eigenvalue weighted by Gasteiger charge is -2.43. The molecule has 0 unspecified atom stereocenters. The average Bonchev–Trinajstić information content (AvgIpc) is 3.65. The maximum absolute atomic E-state index is 7.60. The molecular weight excluding hydrogens is 787 g/mol. The number of rotatable bonds is 4. The molecule has 1 aromatic heterocycles. The van der Waals surface area contributed by atoms with E-state index in [1.54, 1.807) is 0 Å². The number of furan rings is 1. The number of anilines is 6. The van der Waals surface area contributed by atoms with Gasteiger partial charge in [0.15, 0.2) is 0 Å². The van der Waals surface area contributed by atoms with Crippen molar-refractivity contribution in [2.75, 3.05) is 9.80 Å². The highest BCUT2D eigenvalue weighted by atomic mass is 16.3. The van der Waals surface area contributed by atoms with Crippen molar-refractivity contribution in [2.45, 2.75) is 111 Å². The normalized spacial score (nSPS) is 16.0. The topological polar surface area (TPSA) is 19.6 Å². The van der Waals surface area contributed by atoms with E-state index in [2.05, 4.69) is 232 Å². The van der Waals surface area contributed by atoms with E-state index in [0.29, 0.717) is 0 Å². The van der Waals surface area contributed by atoms with Crippen LogP contribution in [-0.2, 0) is 21.7 Å². The van der Waals surface area contributed by atoms with Crippen molar-refractivity contribution in [1.29, 1.82) is 0 Å². The summed E-state index contributed by atoms with van der Waals surface area (Å²) in [6, 6.07) is 55.2. The quantitative estimate of drug-likeness (QED) is 0.165. The fourth-order valence-corrected chi connectivity index (χ4v) is 11.1. The highest BCUT2D eigenvalue weighted by molar-refractivity contribution is 7.00. The van der Waals surface area contributed by atoms with E-state index in [9.17, 15) is 0 Å². The van der Waals surface area contributed by atoms with E-state index in [0.717, 1.165) is 41.1 Å². The van der Waals surface area contributed by atoms with Gasteiger partial charge in [0.25, 0.3) is 6.71 Å². The second-order valence-electron chi connectivity index (χ2n) is 22.6. The molecule has 11 rings (SSSR count). The molecule has 0 atom stereocenters. The molecule has 0 radical (unpaired) electrons. The van der Waals surface area contributed by atoms with Gasteiger partial charge in [0.05, 0.1) is 11.3 Å². The molecule has 1 aliphatic carbocycles. The van der Waals surface area contributed by atoms with Crippen molar-refractivity contribution in [3.63, 3.8) is 0 Å². The van der Waals surface area contributed by atoms with Gasteiger partial charge in [0.1, 0.15) is 5.58 Å². The summed E-state index contributed by atoms with van der Waals surface area (Å²) in [4.78, 5) is 5.11. The Balaban J connectivity index is 1.27. The Morgan fingerprint density at radius 2 is 1.05 bits per heavy atom. The molecule has 0 saturated carbocycles. The third-order valence-electron chi connectivity index (χ3n) is 15.0. The Labute approximate surface area is 387 Å².